The van der Waals surface area contributed by atoms with Crippen molar-refractivity contribution in [2.24, 2.45) is 11.7 Å². The first-order valence-electron chi connectivity index (χ1n) is 21.6. The number of hydrogen-bond donors (Lipinski definition) is 5. The minimum atomic E-state index is -0.868. The first-order chi connectivity index (χ1) is 29.8. The van der Waals surface area contributed by atoms with Crippen molar-refractivity contribution in [3.05, 3.63) is 60.3 Å². The summed E-state index contributed by atoms with van der Waals surface area (Å²) in [6, 6.07) is 13.6. The number of aryl methyl sites for hydroxylation is 1. The van der Waals surface area contributed by atoms with Crippen molar-refractivity contribution < 1.29 is 28.7 Å². The maximum absolute atomic E-state index is 12.5. The molecule has 4 heterocycles. The minimum Gasteiger partial charge on any atom is -0.471 e. The van der Waals surface area contributed by atoms with Crippen molar-refractivity contribution in [3.63, 3.8) is 0 Å². The zero-order chi connectivity index (χ0) is 43.4. The molecule has 1 saturated heterocycles. The number of nitrogens with two attached hydrogens (primary N) is 1. The number of carbonyl (C=O) groups excluding carboxylic acids is 4. The average Bonchev–Trinajstić information content (AvgIpc) is 4.15. The van der Waals surface area contributed by atoms with Gasteiger partial charge in [-0.3, -0.25) is 14.4 Å². The fourth-order valence-corrected chi connectivity index (χ4v) is 7.82. The van der Waals surface area contributed by atoms with Crippen LogP contribution in [0.4, 0.5) is 0 Å². The van der Waals surface area contributed by atoms with Gasteiger partial charge in [-0.25, -0.2) is 14.8 Å². The van der Waals surface area contributed by atoms with Crippen LogP contribution in [0.15, 0.2) is 48.7 Å². The summed E-state index contributed by atoms with van der Waals surface area (Å²) in [6.45, 7) is 2.75. The number of esters is 1. The molecule has 0 spiro atoms. The van der Waals surface area contributed by atoms with E-state index in [1.54, 1.807) is 7.05 Å². The van der Waals surface area contributed by atoms with Crippen LogP contribution in [0, 0.1) is 5.92 Å². The van der Waals surface area contributed by atoms with E-state index in [0.29, 0.717) is 38.4 Å². The summed E-state index contributed by atoms with van der Waals surface area (Å²) >= 11 is 0. The summed E-state index contributed by atoms with van der Waals surface area (Å²) in [7, 11) is 4.27. The van der Waals surface area contributed by atoms with Crippen molar-refractivity contribution in [2.75, 3.05) is 47.4 Å². The molecule has 6 N–H and O–H groups in total. The second-order valence-electron chi connectivity index (χ2n) is 15.6. The highest BCUT2D eigenvalue weighted by atomic mass is 16.5. The number of amides is 2. The van der Waals surface area contributed by atoms with Gasteiger partial charge in [0.2, 0.25) is 5.91 Å². The Morgan fingerprint density at radius 2 is 1.62 bits per heavy atom. The molecule has 61 heavy (non-hydrogen) atoms. The SMILES string of the molecule is C1CCCC1.CNCC(=O)NCCCCc1ncc(-c2ccc3cc(-c4ccc5nc(C6CCCN6C(=O)C(=O)OC)[nH]c5c4)nnc3c2)[nH]1.COC=O.NCC1CCCC1. The summed E-state index contributed by atoms with van der Waals surface area (Å²) in [5.74, 6) is 0.906. The number of carbonyl (C=O) groups is 4. The average molecular weight is 839 g/mol. The van der Waals surface area contributed by atoms with E-state index in [2.05, 4.69) is 45.3 Å². The quantitative estimate of drug-likeness (QED) is 0.0427. The van der Waals surface area contributed by atoms with Gasteiger partial charge in [0.15, 0.2) is 0 Å². The van der Waals surface area contributed by atoms with E-state index in [-0.39, 0.29) is 11.9 Å². The predicted molar refractivity (Wildman–Crippen MR) is 235 cm³/mol. The first kappa shape index (κ1) is 46.3. The normalized spacial score (nSPS) is 15.9. The molecular formula is C45H62N10O6. The summed E-state index contributed by atoms with van der Waals surface area (Å²) in [5, 5.41) is 15.7. The second kappa shape index (κ2) is 24.5. The van der Waals surface area contributed by atoms with Crippen LogP contribution in [0.5, 0.6) is 0 Å². The Morgan fingerprint density at radius 1 is 0.885 bits per heavy atom. The molecule has 328 valence electrons. The summed E-state index contributed by atoms with van der Waals surface area (Å²) in [6.07, 6.45) is 19.0. The lowest BCUT2D eigenvalue weighted by Gasteiger charge is -2.21. The van der Waals surface area contributed by atoms with Crippen molar-refractivity contribution in [3.8, 4) is 22.5 Å². The highest BCUT2D eigenvalue weighted by Crippen LogP contribution is 2.33. The number of hydrogen-bond acceptors (Lipinski definition) is 12. The van der Waals surface area contributed by atoms with Crippen molar-refractivity contribution >= 4 is 46.2 Å². The van der Waals surface area contributed by atoms with Crippen molar-refractivity contribution in [2.45, 2.75) is 95.9 Å². The summed E-state index contributed by atoms with van der Waals surface area (Å²) < 4.78 is 8.50. The number of likely N-dealkylation sites (N-methyl/N-ethyl adjacent to an activating group) is 1. The molecule has 0 bridgehead atoms. The highest BCUT2D eigenvalue weighted by molar-refractivity contribution is 6.32. The molecule has 2 aliphatic carbocycles. The highest BCUT2D eigenvalue weighted by Gasteiger charge is 2.35. The lowest BCUT2D eigenvalue weighted by Crippen LogP contribution is -2.37. The Bertz CT molecular complexity index is 2150. The number of nitrogens with zero attached hydrogens (tertiary/aromatic N) is 5. The van der Waals surface area contributed by atoms with Gasteiger partial charge >= 0.3 is 11.9 Å². The molecule has 2 amide bonds. The Kier molecular flexibility index (Phi) is 18.6. The van der Waals surface area contributed by atoms with Crippen molar-refractivity contribution in [1.82, 2.24) is 45.7 Å². The number of ether oxygens (including phenoxy) is 2. The van der Waals surface area contributed by atoms with Gasteiger partial charge in [-0.15, -0.1) is 10.2 Å². The standard InChI is InChI=1S/C32H35N9O4.C6H13N.C5H10.C2H4O2/c1-33-18-29(42)34-12-4-3-7-28-35-17-26(36-28)21-9-8-19-14-23(39-40-24(19)15-21)20-10-11-22-25(16-20)38-30(37-22)27-6-5-13-41(27)31(43)32(44)45-2;7-5-6-3-1-2-4-6;1-2-4-5-3-1;1-4-2-3/h8-11,14-17,27,33H,3-7,12-13,18H2,1-2H3,(H,34,42)(H,35,36)(H,37,38);6H,1-5,7H2;1-5H2;2H,1H3. The van der Waals surface area contributed by atoms with Gasteiger partial charge in [0, 0.05) is 36.0 Å². The van der Waals surface area contributed by atoms with Gasteiger partial charge in [-0.2, -0.15) is 0 Å². The number of benzene rings is 2. The van der Waals surface area contributed by atoms with Crippen LogP contribution in [0.1, 0.15) is 101 Å². The van der Waals surface area contributed by atoms with Gasteiger partial charge in [-0.05, 0) is 82.3 Å². The van der Waals surface area contributed by atoms with E-state index in [9.17, 15) is 14.4 Å². The molecule has 2 saturated carbocycles. The van der Waals surface area contributed by atoms with Gasteiger partial charge in [-0.1, -0.05) is 63.1 Å². The van der Waals surface area contributed by atoms with Crippen LogP contribution >= 0.6 is 0 Å². The van der Waals surface area contributed by atoms with E-state index in [1.807, 2.05) is 48.7 Å². The molecule has 5 aromatic rings. The van der Waals surface area contributed by atoms with Gasteiger partial charge in [0.25, 0.3) is 6.47 Å². The number of methoxy groups -OCH3 is 2. The van der Waals surface area contributed by atoms with Crippen LogP contribution in [0.3, 0.4) is 0 Å². The molecular weight excluding hydrogens is 777 g/mol. The third-order valence-corrected chi connectivity index (χ3v) is 11.2. The van der Waals surface area contributed by atoms with E-state index in [4.69, 9.17) is 15.5 Å². The summed E-state index contributed by atoms with van der Waals surface area (Å²) in [5.41, 5.74) is 11.3. The molecule has 3 aromatic heterocycles. The number of rotatable bonds is 12. The van der Waals surface area contributed by atoms with Crippen LogP contribution in [0.25, 0.3) is 44.5 Å². The third-order valence-electron chi connectivity index (χ3n) is 11.2. The number of aromatic amines is 2. The molecule has 3 aliphatic rings. The fraction of sp³-hybridized carbons (Fsp3) is 0.511. The number of aromatic nitrogens is 6. The molecule has 3 fully saturated rings. The number of H-pyrrole nitrogens is 2. The number of nitrogens with one attached hydrogen (secondary N) is 4. The van der Waals surface area contributed by atoms with Gasteiger partial charge < -0.3 is 40.7 Å². The van der Waals surface area contributed by atoms with Gasteiger partial charge in [0.05, 0.1) is 60.9 Å². The number of imidazole rings is 2. The van der Waals surface area contributed by atoms with Crippen LogP contribution in [-0.2, 0) is 35.1 Å². The van der Waals surface area contributed by atoms with Crippen LogP contribution in [0.2, 0.25) is 0 Å². The Balaban J connectivity index is 0.000000368. The van der Waals surface area contributed by atoms with Crippen molar-refractivity contribution in [1.29, 1.82) is 0 Å². The fourth-order valence-electron chi connectivity index (χ4n) is 7.82. The van der Waals surface area contributed by atoms with Crippen LogP contribution in [-0.4, -0.2) is 107 Å². The second-order valence-corrected chi connectivity index (χ2v) is 15.6. The molecule has 0 radical (unpaired) electrons. The summed E-state index contributed by atoms with van der Waals surface area (Å²) in [4.78, 5) is 62.3. The number of likely N-dealkylation sites (tertiary alicyclic amines) is 1. The maximum atomic E-state index is 12.5. The lowest BCUT2D eigenvalue weighted by molar-refractivity contribution is -0.158. The molecule has 16 heteroatoms. The molecule has 1 unspecified atom stereocenters. The smallest absolute Gasteiger partial charge is 0.396 e. The zero-order valence-corrected chi connectivity index (χ0v) is 35.8. The Labute approximate surface area is 357 Å². The zero-order valence-electron chi connectivity index (χ0n) is 35.8. The largest absolute Gasteiger partial charge is 0.471 e. The molecule has 1 atom stereocenters. The number of unbranched alkanes of at least 4 members (excludes halogenated alkanes) is 1. The first-order valence-corrected chi connectivity index (χ1v) is 21.6. The topological polar surface area (TPSA) is 223 Å². The molecule has 2 aromatic carbocycles. The Morgan fingerprint density at radius 3 is 2.30 bits per heavy atom. The molecule has 8 rings (SSSR count). The van der Waals surface area contributed by atoms with E-state index < -0.39 is 11.9 Å². The van der Waals surface area contributed by atoms with Crippen LogP contribution < -0.4 is 16.4 Å². The maximum Gasteiger partial charge on any atom is 0.396 e. The van der Waals surface area contributed by atoms with E-state index >= 15 is 0 Å². The number of fused-ring (bicyclic) bond motifs is 2. The Hall–Kier alpha value is -5.74. The van der Waals surface area contributed by atoms with E-state index in [1.165, 1.54) is 76.9 Å². The predicted octanol–water partition coefficient (Wildman–Crippen LogP) is 5.93. The minimum absolute atomic E-state index is 0.00213. The monoisotopic (exact) mass is 838 g/mol. The van der Waals surface area contributed by atoms with E-state index in [0.717, 1.165) is 88.4 Å². The molecule has 16 nitrogen and oxygen atoms in total. The lowest BCUT2D eigenvalue weighted by atomic mass is 10.1. The third kappa shape index (κ3) is 13.6. The molecule has 1 aliphatic heterocycles. The van der Waals surface area contributed by atoms with Gasteiger partial charge in [0.1, 0.15) is 11.6 Å².